The Bertz CT molecular complexity index is 562. The molecule has 1 aromatic heterocycles. The van der Waals surface area contributed by atoms with Crippen LogP contribution in [0.1, 0.15) is 11.3 Å². The third kappa shape index (κ3) is 3.42. The Labute approximate surface area is 105 Å². The highest BCUT2D eigenvalue weighted by molar-refractivity contribution is 5.97. The van der Waals surface area contributed by atoms with E-state index in [2.05, 4.69) is 22.5 Å². The van der Waals surface area contributed by atoms with Crippen LogP contribution in [0.4, 0.5) is 0 Å². The molecule has 1 aromatic carbocycles. The highest BCUT2D eigenvalue weighted by Crippen LogP contribution is 1.99. The minimum absolute atomic E-state index is 0.405. The molecule has 0 bridgehead atoms. The molecule has 0 atom stereocenters. The predicted octanol–water partition coefficient (Wildman–Crippen LogP) is 1.69. The third-order valence-electron chi connectivity index (χ3n) is 2.23. The SMILES string of the molecule is NC(=NNC#CCc1ccco1)c1ccccc1. The molecule has 0 aliphatic carbocycles. The summed E-state index contributed by atoms with van der Waals surface area (Å²) < 4.78 is 5.14. The van der Waals surface area contributed by atoms with Crippen molar-refractivity contribution in [2.45, 2.75) is 6.42 Å². The largest absolute Gasteiger partial charge is 0.468 e. The summed E-state index contributed by atoms with van der Waals surface area (Å²) in [7, 11) is 0. The molecule has 2 rings (SSSR count). The average molecular weight is 239 g/mol. The molecule has 0 amide bonds. The number of nitrogens with zero attached hydrogens (tertiary/aromatic N) is 1. The first-order valence-electron chi connectivity index (χ1n) is 5.50. The fraction of sp³-hybridized carbons (Fsp3) is 0.0714. The molecule has 18 heavy (non-hydrogen) atoms. The van der Waals surface area contributed by atoms with Crippen molar-refractivity contribution in [3.05, 3.63) is 60.1 Å². The van der Waals surface area contributed by atoms with Gasteiger partial charge in [0, 0.05) is 11.6 Å². The molecule has 0 aliphatic rings. The maximum atomic E-state index is 5.77. The molecule has 0 saturated heterocycles. The maximum absolute atomic E-state index is 5.77. The van der Waals surface area contributed by atoms with Crippen LogP contribution in [0.2, 0.25) is 0 Å². The van der Waals surface area contributed by atoms with E-state index >= 15 is 0 Å². The first kappa shape index (κ1) is 11.8. The average Bonchev–Trinajstić information content (AvgIpc) is 2.92. The molecule has 0 spiro atoms. The molecule has 0 saturated carbocycles. The van der Waals surface area contributed by atoms with Crippen LogP contribution in [0.25, 0.3) is 0 Å². The molecule has 3 N–H and O–H groups in total. The van der Waals surface area contributed by atoms with Crippen molar-refractivity contribution in [1.82, 2.24) is 5.43 Å². The smallest absolute Gasteiger partial charge is 0.151 e. The van der Waals surface area contributed by atoms with Crippen molar-refractivity contribution in [1.29, 1.82) is 0 Å². The summed E-state index contributed by atoms with van der Waals surface area (Å²) in [4.78, 5) is 0. The Kier molecular flexibility index (Phi) is 4.04. The summed E-state index contributed by atoms with van der Waals surface area (Å²) in [5, 5.41) is 3.95. The van der Waals surface area contributed by atoms with E-state index in [-0.39, 0.29) is 0 Å². The fourth-order valence-corrected chi connectivity index (χ4v) is 1.35. The lowest BCUT2D eigenvalue weighted by Gasteiger charge is -1.97. The monoisotopic (exact) mass is 239 g/mol. The summed E-state index contributed by atoms with van der Waals surface area (Å²) in [6.07, 6.45) is 2.16. The van der Waals surface area contributed by atoms with Gasteiger partial charge in [0.05, 0.1) is 12.7 Å². The lowest BCUT2D eigenvalue weighted by molar-refractivity contribution is 0.525. The van der Waals surface area contributed by atoms with Crippen molar-refractivity contribution in [3.63, 3.8) is 0 Å². The number of hydrazone groups is 1. The molecular weight excluding hydrogens is 226 g/mol. The van der Waals surface area contributed by atoms with Crippen LogP contribution >= 0.6 is 0 Å². The molecule has 0 unspecified atom stereocenters. The van der Waals surface area contributed by atoms with Crippen molar-refractivity contribution >= 4 is 5.84 Å². The van der Waals surface area contributed by atoms with Gasteiger partial charge in [0.15, 0.2) is 5.84 Å². The van der Waals surface area contributed by atoms with E-state index in [0.29, 0.717) is 12.3 Å². The van der Waals surface area contributed by atoms with Gasteiger partial charge in [-0.25, -0.2) is 5.43 Å². The standard InChI is InChI=1S/C14H13N3O/c15-14(12-6-2-1-3-7-12)17-16-10-4-8-13-9-5-11-18-13/h1-3,5-7,9,11,16H,8H2,(H2,15,17). The van der Waals surface area contributed by atoms with E-state index in [1.54, 1.807) is 6.26 Å². The zero-order valence-corrected chi connectivity index (χ0v) is 9.76. The van der Waals surface area contributed by atoms with Gasteiger partial charge in [-0.2, -0.15) is 0 Å². The molecule has 2 aromatic rings. The molecule has 0 aliphatic heterocycles. The summed E-state index contributed by atoms with van der Waals surface area (Å²) in [5.74, 6) is 4.11. The van der Waals surface area contributed by atoms with E-state index in [1.165, 1.54) is 0 Å². The van der Waals surface area contributed by atoms with Crippen molar-refractivity contribution in [2.24, 2.45) is 10.8 Å². The van der Waals surface area contributed by atoms with Crippen molar-refractivity contribution < 1.29 is 4.42 Å². The number of nitrogens with one attached hydrogen (secondary N) is 1. The van der Waals surface area contributed by atoms with Gasteiger partial charge in [0.1, 0.15) is 5.76 Å². The van der Waals surface area contributed by atoms with Crippen LogP contribution in [0, 0.1) is 12.0 Å². The first-order chi connectivity index (χ1) is 8.86. The molecule has 0 fully saturated rings. The number of rotatable bonds is 3. The molecule has 4 heteroatoms. The number of hydrogen-bond acceptors (Lipinski definition) is 3. The number of hydrogen-bond donors (Lipinski definition) is 2. The van der Waals surface area contributed by atoms with Crippen LogP contribution in [0.15, 0.2) is 58.2 Å². The zero-order chi connectivity index (χ0) is 12.6. The van der Waals surface area contributed by atoms with Crippen LogP contribution in [-0.2, 0) is 6.42 Å². The quantitative estimate of drug-likeness (QED) is 0.282. The highest BCUT2D eigenvalue weighted by Gasteiger charge is 1.94. The molecular formula is C14H13N3O. The number of amidine groups is 1. The topological polar surface area (TPSA) is 63.5 Å². The Morgan fingerprint density at radius 3 is 2.78 bits per heavy atom. The number of furan rings is 1. The third-order valence-corrected chi connectivity index (χ3v) is 2.23. The molecule has 90 valence electrons. The Morgan fingerprint density at radius 2 is 2.06 bits per heavy atom. The fourth-order valence-electron chi connectivity index (χ4n) is 1.35. The summed E-state index contributed by atoms with van der Waals surface area (Å²) in [6, 6.07) is 15.9. The molecule has 0 radical (unpaired) electrons. The van der Waals surface area contributed by atoms with Crippen LogP contribution in [0.3, 0.4) is 0 Å². The van der Waals surface area contributed by atoms with E-state index in [0.717, 1.165) is 11.3 Å². The van der Waals surface area contributed by atoms with Crippen LogP contribution in [-0.4, -0.2) is 5.84 Å². The van der Waals surface area contributed by atoms with Crippen molar-refractivity contribution in [2.75, 3.05) is 0 Å². The Hall–Kier alpha value is -2.67. The highest BCUT2D eigenvalue weighted by atomic mass is 16.3. The van der Waals surface area contributed by atoms with Gasteiger partial charge < -0.3 is 10.2 Å². The minimum Gasteiger partial charge on any atom is -0.468 e. The predicted molar refractivity (Wildman–Crippen MR) is 70.5 cm³/mol. The zero-order valence-electron chi connectivity index (χ0n) is 9.76. The van der Waals surface area contributed by atoms with Crippen LogP contribution < -0.4 is 11.2 Å². The summed E-state index contributed by atoms with van der Waals surface area (Å²) in [6.45, 7) is 0. The first-order valence-corrected chi connectivity index (χ1v) is 5.50. The van der Waals surface area contributed by atoms with Gasteiger partial charge in [-0.15, -0.1) is 5.10 Å². The second-order valence-electron chi connectivity index (χ2n) is 3.53. The van der Waals surface area contributed by atoms with E-state index < -0.39 is 0 Å². The van der Waals surface area contributed by atoms with Gasteiger partial charge in [-0.1, -0.05) is 36.3 Å². The van der Waals surface area contributed by atoms with Gasteiger partial charge >= 0.3 is 0 Å². The maximum Gasteiger partial charge on any atom is 0.151 e. The second kappa shape index (κ2) is 6.16. The number of nitrogens with two attached hydrogens (primary N) is 1. The van der Waals surface area contributed by atoms with E-state index in [4.69, 9.17) is 10.2 Å². The van der Waals surface area contributed by atoms with Crippen LogP contribution in [0.5, 0.6) is 0 Å². The number of benzene rings is 1. The normalized spacial score (nSPS) is 10.6. The molecule has 1 heterocycles. The van der Waals surface area contributed by atoms with Crippen molar-refractivity contribution in [3.8, 4) is 12.0 Å². The van der Waals surface area contributed by atoms with Gasteiger partial charge in [0.2, 0.25) is 0 Å². The minimum atomic E-state index is 0.405. The second-order valence-corrected chi connectivity index (χ2v) is 3.53. The Morgan fingerprint density at radius 1 is 1.22 bits per heavy atom. The van der Waals surface area contributed by atoms with E-state index in [1.807, 2.05) is 42.5 Å². The Balaban J connectivity index is 1.86. The van der Waals surface area contributed by atoms with Gasteiger partial charge in [-0.3, -0.25) is 0 Å². The molecule has 4 nitrogen and oxygen atoms in total. The summed E-state index contributed by atoms with van der Waals surface area (Å²) >= 11 is 0. The lowest BCUT2D eigenvalue weighted by Crippen LogP contribution is -2.16. The van der Waals surface area contributed by atoms with Gasteiger partial charge in [0.25, 0.3) is 0 Å². The van der Waals surface area contributed by atoms with E-state index in [9.17, 15) is 0 Å². The summed E-state index contributed by atoms with van der Waals surface area (Å²) in [5.41, 5.74) is 9.24. The van der Waals surface area contributed by atoms with Gasteiger partial charge in [-0.05, 0) is 12.1 Å². The lowest BCUT2D eigenvalue weighted by atomic mass is 10.2.